The summed E-state index contributed by atoms with van der Waals surface area (Å²) in [6, 6.07) is 3.39. The lowest BCUT2D eigenvalue weighted by Gasteiger charge is -2.20. The molecule has 0 aliphatic carbocycles. The van der Waals surface area contributed by atoms with E-state index in [1.165, 1.54) is 4.90 Å². The van der Waals surface area contributed by atoms with Crippen molar-refractivity contribution in [2.24, 2.45) is 0 Å². The lowest BCUT2D eigenvalue weighted by molar-refractivity contribution is -0.140. The van der Waals surface area contributed by atoms with Crippen LogP contribution in [0.15, 0.2) is 46.5 Å². The van der Waals surface area contributed by atoms with Crippen molar-refractivity contribution < 1.29 is 37.4 Å². The second-order valence-electron chi connectivity index (χ2n) is 8.02. The summed E-state index contributed by atoms with van der Waals surface area (Å²) in [4.78, 5) is 47.7. The SMILES string of the molecule is CCOC(=O)C1=C2CN(c3nc4c(cc3F)c(=O)c(C(=O)O)cn4-c3ccc(F)cc3F)CC2ON1. The molecular formula is C23H17F3N4O6. The first-order valence-corrected chi connectivity index (χ1v) is 10.7. The smallest absolute Gasteiger partial charge is 0.356 e. The minimum absolute atomic E-state index is 0.0313. The number of pyridine rings is 2. The number of esters is 1. The van der Waals surface area contributed by atoms with E-state index in [-0.39, 0.29) is 42.5 Å². The Hall–Kier alpha value is -4.39. The topological polar surface area (TPSA) is 123 Å². The Balaban J connectivity index is 1.67. The molecule has 0 amide bonds. The number of carbonyl (C=O) groups is 2. The number of hydrogen-bond acceptors (Lipinski definition) is 8. The molecule has 186 valence electrons. The highest BCUT2D eigenvalue weighted by Gasteiger charge is 2.40. The van der Waals surface area contributed by atoms with Crippen LogP contribution in [0.4, 0.5) is 19.0 Å². The van der Waals surface area contributed by atoms with Gasteiger partial charge in [0.05, 0.1) is 24.2 Å². The van der Waals surface area contributed by atoms with Gasteiger partial charge in [-0.25, -0.2) is 27.7 Å². The monoisotopic (exact) mass is 502 g/mol. The first-order chi connectivity index (χ1) is 17.2. The number of carboxylic acids is 1. The Morgan fingerprint density at radius 1 is 1.25 bits per heavy atom. The van der Waals surface area contributed by atoms with E-state index in [9.17, 15) is 28.3 Å². The predicted octanol–water partition coefficient (Wildman–Crippen LogP) is 2.04. The van der Waals surface area contributed by atoms with E-state index in [4.69, 9.17) is 9.57 Å². The molecule has 1 fully saturated rings. The number of aromatic nitrogens is 2. The van der Waals surface area contributed by atoms with Gasteiger partial charge >= 0.3 is 11.9 Å². The number of nitrogens with one attached hydrogen (secondary N) is 1. The molecule has 36 heavy (non-hydrogen) atoms. The molecule has 2 N–H and O–H groups in total. The fourth-order valence-electron chi connectivity index (χ4n) is 4.21. The van der Waals surface area contributed by atoms with Crippen LogP contribution < -0.4 is 15.8 Å². The third-order valence-corrected chi connectivity index (χ3v) is 5.85. The van der Waals surface area contributed by atoms with E-state index in [0.717, 1.165) is 29.0 Å². The Kier molecular flexibility index (Phi) is 5.63. The summed E-state index contributed by atoms with van der Waals surface area (Å²) in [5, 5.41) is 9.04. The number of benzene rings is 1. The summed E-state index contributed by atoms with van der Waals surface area (Å²) in [7, 11) is 0. The van der Waals surface area contributed by atoms with Crippen LogP contribution >= 0.6 is 0 Å². The maximum atomic E-state index is 15.2. The summed E-state index contributed by atoms with van der Waals surface area (Å²) in [5.74, 6) is -5.36. The van der Waals surface area contributed by atoms with Crippen molar-refractivity contribution in [3.05, 3.63) is 75.0 Å². The molecule has 2 aromatic heterocycles. The summed E-state index contributed by atoms with van der Waals surface area (Å²) in [6.45, 7) is 1.90. The van der Waals surface area contributed by atoms with E-state index in [0.29, 0.717) is 11.6 Å². The van der Waals surface area contributed by atoms with Gasteiger partial charge in [-0.3, -0.25) is 19.7 Å². The third-order valence-electron chi connectivity index (χ3n) is 5.85. The maximum Gasteiger partial charge on any atom is 0.356 e. The lowest BCUT2D eigenvalue weighted by Crippen LogP contribution is -2.29. The number of halogens is 3. The number of rotatable bonds is 5. The van der Waals surface area contributed by atoms with Gasteiger partial charge in [0.2, 0.25) is 5.43 Å². The number of hydroxylamine groups is 1. The molecule has 5 rings (SSSR count). The van der Waals surface area contributed by atoms with Crippen LogP contribution in [0, 0.1) is 17.5 Å². The molecule has 13 heteroatoms. The number of carbonyl (C=O) groups excluding carboxylic acids is 1. The Bertz CT molecular complexity index is 1540. The van der Waals surface area contributed by atoms with Crippen LogP contribution in [0.2, 0.25) is 0 Å². The van der Waals surface area contributed by atoms with Crippen molar-refractivity contribution in [3.8, 4) is 5.69 Å². The van der Waals surface area contributed by atoms with E-state index in [2.05, 4.69) is 10.5 Å². The molecular weight excluding hydrogens is 485 g/mol. The Morgan fingerprint density at radius 3 is 2.72 bits per heavy atom. The molecule has 3 aromatic rings. The number of carboxylic acid groups (broad SMARTS) is 1. The summed E-state index contributed by atoms with van der Waals surface area (Å²) < 4.78 is 49.3. The van der Waals surface area contributed by atoms with Crippen molar-refractivity contribution in [1.82, 2.24) is 15.0 Å². The van der Waals surface area contributed by atoms with Gasteiger partial charge in [-0.1, -0.05) is 0 Å². The van der Waals surface area contributed by atoms with E-state index < -0.39 is 51.9 Å². The van der Waals surface area contributed by atoms with Crippen molar-refractivity contribution in [2.75, 3.05) is 24.6 Å². The van der Waals surface area contributed by atoms with Crippen LogP contribution in [0.25, 0.3) is 16.7 Å². The maximum absolute atomic E-state index is 15.2. The van der Waals surface area contributed by atoms with Gasteiger partial charge in [0.25, 0.3) is 0 Å². The molecule has 0 radical (unpaired) electrons. The van der Waals surface area contributed by atoms with Crippen LogP contribution in [0.3, 0.4) is 0 Å². The largest absolute Gasteiger partial charge is 0.477 e. The molecule has 10 nitrogen and oxygen atoms in total. The normalized spacial score (nSPS) is 16.9. The van der Waals surface area contributed by atoms with Crippen molar-refractivity contribution in [3.63, 3.8) is 0 Å². The van der Waals surface area contributed by atoms with Gasteiger partial charge in [0.1, 0.15) is 29.0 Å². The minimum Gasteiger partial charge on any atom is -0.477 e. The predicted molar refractivity (Wildman–Crippen MR) is 118 cm³/mol. The number of nitrogens with zero attached hydrogens (tertiary/aromatic N) is 3. The fourth-order valence-corrected chi connectivity index (χ4v) is 4.21. The molecule has 2 aliphatic heterocycles. The molecule has 1 unspecified atom stereocenters. The molecule has 2 aliphatic rings. The average molecular weight is 502 g/mol. The van der Waals surface area contributed by atoms with Gasteiger partial charge in [0.15, 0.2) is 17.3 Å². The van der Waals surface area contributed by atoms with Gasteiger partial charge in [-0.15, -0.1) is 0 Å². The quantitative estimate of drug-likeness (QED) is 0.505. The molecule has 1 saturated heterocycles. The standard InChI is InChI=1S/C23H17F3N4O6/c1-2-35-23(34)18-12-7-29(9-17(12)36-28-18)21-15(26)6-11-19(31)13(22(32)33)8-30(20(11)27-21)16-4-3-10(24)5-14(16)25/h3-6,8,17,28H,2,7,9H2,1H3,(H,32,33). The van der Waals surface area contributed by atoms with Crippen LogP contribution in [0.5, 0.6) is 0 Å². The molecule has 1 atom stereocenters. The second-order valence-corrected chi connectivity index (χ2v) is 8.02. The summed E-state index contributed by atoms with van der Waals surface area (Å²) in [6.07, 6.45) is 0.248. The van der Waals surface area contributed by atoms with E-state index in [1.54, 1.807) is 6.92 Å². The van der Waals surface area contributed by atoms with Crippen LogP contribution in [0.1, 0.15) is 17.3 Å². The van der Waals surface area contributed by atoms with Crippen molar-refractivity contribution in [2.45, 2.75) is 13.0 Å². The van der Waals surface area contributed by atoms with E-state index >= 15 is 4.39 Å². The van der Waals surface area contributed by atoms with Crippen molar-refractivity contribution in [1.29, 1.82) is 0 Å². The Labute approximate surface area is 200 Å². The molecule has 0 saturated carbocycles. The van der Waals surface area contributed by atoms with Gasteiger partial charge < -0.3 is 14.7 Å². The highest BCUT2D eigenvalue weighted by molar-refractivity contribution is 5.93. The zero-order chi connectivity index (χ0) is 25.7. The highest BCUT2D eigenvalue weighted by Crippen LogP contribution is 2.32. The molecule has 1 aromatic carbocycles. The first-order valence-electron chi connectivity index (χ1n) is 10.7. The fraction of sp³-hybridized carbons (Fsp3) is 0.217. The second kappa shape index (κ2) is 8.68. The lowest BCUT2D eigenvalue weighted by atomic mass is 10.1. The number of fused-ring (bicyclic) bond motifs is 2. The average Bonchev–Trinajstić information content (AvgIpc) is 3.40. The molecule has 4 heterocycles. The zero-order valence-electron chi connectivity index (χ0n) is 18.5. The minimum atomic E-state index is -1.61. The van der Waals surface area contributed by atoms with Gasteiger partial charge in [-0.2, -0.15) is 0 Å². The zero-order valence-corrected chi connectivity index (χ0v) is 18.5. The van der Waals surface area contributed by atoms with Gasteiger partial charge in [-0.05, 0) is 25.1 Å². The first kappa shape index (κ1) is 23.4. The Morgan fingerprint density at radius 2 is 2.03 bits per heavy atom. The molecule has 0 bridgehead atoms. The molecule has 0 spiro atoms. The van der Waals surface area contributed by atoms with Crippen LogP contribution in [-0.2, 0) is 14.4 Å². The number of anilines is 1. The van der Waals surface area contributed by atoms with E-state index in [1.807, 2.05) is 0 Å². The number of ether oxygens (including phenoxy) is 1. The van der Waals surface area contributed by atoms with Crippen molar-refractivity contribution >= 4 is 28.8 Å². The number of hydrogen-bond donors (Lipinski definition) is 2. The highest BCUT2D eigenvalue weighted by atomic mass is 19.1. The summed E-state index contributed by atoms with van der Waals surface area (Å²) >= 11 is 0. The third kappa shape index (κ3) is 3.73. The van der Waals surface area contributed by atoms with Gasteiger partial charge in [0, 0.05) is 24.4 Å². The van der Waals surface area contributed by atoms with Crippen LogP contribution in [-0.4, -0.2) is 52.4 Å². The summed E-state index contributed by atoms with van der Waals surface area (Å²) in [5.41, 5.74) is 0.809. The number of aromatic carboxylic acids is 1.